The molecule has 204 valence electrons. The van der Waals surface area contributed by atoms with Crippen molar-refractivity contribution in [1.29, 1.82) is 5.41 Å². The van der Waals surface area contributed by atoms with Crippen LogP contribution >= 0.6 is 15.9 Å². The monoisotopic (exact) mass is 586 g/mol. The lowest BCUT2D eigenvalue weighted by molar-refractivity contribution is -0.141. The van der Waals surface area contributed by atoms with Crippen LogP contribution in [-0.4, -0.2) is 72.3 Å². The summed E-state index contributed by atoms with van der Waals surface area (Å²) in [5.74, 6) is -3.68. The van der Waals surface area contributed by atoms with Gasteiger partial charge in [-0.1, -0.05) is 13.8 Å². The van der Waals surface area contributed by atoms with Gasteiger partial charge in [0, 0.05) is 18.7 Å². The minimum absolute atomic E-state index is 0.0432. The van der Waals surface area contributed by atoms with E-state index < -0.39 is 54.1 Å². The van der Waals surface area contributed by atoms with Crippen LogP contribution < -0.4 is 21.7 Å². The molecule has 2 unspecified atom stereocenters. The summed E-state index contributed by atoms with van der Waals surface area (Å²) in [5.41, 5.74) is 5.26. The lowest BCUT2D eigenvalue weighted by Gasteiger charge is -2.31. The zero-order chi connectivity index (χ0) is 27.7. The number of halogens is 3. The Morgan fingerprint density at radius 3 is 2.54 bits per heavy atom. The number of amides is 3. The van der Waals surface area contributed by atoms with Crippen molar-refractivity contribution in [3.05, 3.63) is 34.1 Å². The van der Waals surface area contributed by atoms with Gasteiger partial charge in [-0.3, -0.25) is 24.6 Å². The number of ketones is 1. The minimum Gasteiger partial charge on any atom is -0.370 e. The molecule has 0 radical (unpaired) electrons. The first-order valence-electron chi connectivity index (χ1n) is 12.0. The van der Waals surface area contributed by atoms with Crippen molar-refractivity contribution in [3.8, 4) is 0 Å². The van der Waals surface area contributed by atoms with E-state index in [4.69, 9.17) is 11.1 Å². The van der Waals surface area contributed by atoms with Gasteiger partial charge in [0.15, 0.2) is 11.7 Å². The van der Waals surface area contributed by atoms with E-state index >= 15 is 0 Å². The summed E-state index contributed by atoms with van der Waals surface area (Å²) in [4.78, 5) is 52.6. The van der Waals surface area contributed by atoms with Crippen LogP contribution in [0, 0.1) is 17.1 Å². The maximum absolute atomic E-state index is 13.9. The van der Waals surface area contributed by atoms with Gasteiger partial charge >= 0.3 is 0 Å². The number of rotatable bonds is 12. The first-order valence-corrected chi connectivity index (χ1v) is 12.8. The van der Waals surface area contributed by atoms with Crippen LogP contribution in [0.5, 0.6) is 0 Å². The molecule has 1 fully saturated rings. The van der Waals surface area contributed by atoms with Gasteiger partial charge in [-0.15, -0.1) is 0 Å². The van der Waals surface area contributed by atoms with Crippen molar-refractivity contribution in [1.82, 2.24) is 20.9 Å². The van der Waals surface area contributed by atoms with E-state index in [0.717, 1.165) is 6.07 Å². The van der Waals surface area contributed by atoms with Crippen LogP contribution in [0.3, 0.4) is 0 Å². The van der Waals surface area contributed by atoms with Crippen LogP contribution in [-0.2, 0) is 14.4 Å². The Morgan fingerprint density at radius 2 is 1.95 bits per heavy atom. The number of carbonyl (C=O) groups excluding carboxylic acids is 4. The Labute approximate surface area is 222 Å². The highest BCUT2D eigenvalue weighted by molar-refractivity contribution is 9.10. The molecule has 0 spiro atoms. The van der Waals surface area contributed by atoms with Gasteiger partial charge in [-0.25, -0.2) is 8.78 Å². The second kappa shape index (κ2) is 14.0. The van der Waals surface area contributed by atoms with Gasteiger partial charge in [-0.05, 0) is 65.7 Å². The van der Waals surface area contributed by atoms with Crippen LogP contribution in [0.25, 0.3) is 0 Å². The fraction of sp³-hybridized carbons (Fsp3) is 0.542. The summed E-state index contributed by atoms with van der Waals surface area (Å²) in [6.07, 6.45) is 1.35. The van der Waals surface area contributed by atoms with E-state index in [9.17, 15) is 28.0 Å². The molecule has 0 bridgehead atoms. The molecule has 1 aliphatic rings. The van der Waals surface area contributed by atoms with E-state index in [0.29, 0.717) is 19.3 Å². The largest absolute Gasteiger partial charge is 0.370 e. The number of nitrogens with two attached hydrogens (primary N) is 1. The fourth-order valence-corrected chi connectivity index (χ4v) is 4.31. The maximum atomic E-state index is 13.9. The average molecular weight is 587 g/mol. The average Bonchev–Trinajstić information content (AvgIpc) is 3.34. The summed E-state index contributed by atoms with van der Waals surface area (Å²) in [7, 11) is 0. The van der Waals surface area contributed by atoms with E-state index in [1.807, 2.05) is 0 Å². The molecule has 10 nitrogen and oxygen atoms in total. The Hall–Kier alpha value is -3.09. The number of hydrogen-bond donors (Lipinski definition) is 5. The molecule has 1 aliphatic heterocycles. The van der Waals surface area contributed by atoms with Crippen molar-refractivity contribution in [2.24, 2.45) is 11.7 Å². The number of benzene rings is 1. The summed E-state index contributed by atoms with van der Waals surface area (Å²) < 4.78 is 27.2. The van der Waals surface area contributed by atoms with Crippen LogP contribution in [0.4, 0.5) is 8.78 Å². The zero-order valence-corrected chi connectivity index (χ0v) is 22.4. The molecular formula is C24H33BrF2N6O4. The molecule has 1 aromatic carbocycles. The summed E-state index contributed by atoms with van der Waals surface area (Å²) in [6, 6.07) is 0.917. The predicted octanol–water partition coefficient (Wildman–Crippen LogP) is 1.62. The predicted molar refractivity (Wildman–Crippen MR) is 137 cm³/mol. The topological polar surface area (TPSA) is 157 Å². The number of carbonyl (C=O) groups is 4. The zero-order valence-electron chi connectivity index (χ0n) is 20.8. The maximum Gasteiger partial charge on any atom is 0.252 e. The quantitative estimate of drug-likeness (QED) is 0.142. The number of likely N-dealkylation sites (tertiary alicyclic amines) is 1. The van der Waals surface area contributed by atoms with E-state index in [2.05, 4.69) is 31.9 Å². The molecule has 1 heterocycles. The molecular weight excluding hydrogens is 554 g/mol. The Bertz CT molecular complexity index is 1020. The molecule has 0 aliphatic carbocycles. The number of Topliss-reactive ketones (excluding diaryl/α,β-unsaturated/α-hetero) is 1. The van der Waals surface area contributed by atoms with E-state index in [-0.39, 0.29) is 41.4 Å². The van der Waals surface area contributed by atoms with Crippen LogP contribution in [0.15, 0.2) is 22.7 Å². The highest BCUT2D eigenvalue weighted by Gasteiger charge is 2.39. The molecule has 0 saturated carbocycles. The molecule has 3 atom stereocenters. The third kappa shape index (κ3) is 8.48. The Kier molecular flexibility index (Phi) is 11.4. The highest BCUT2D eigenvalue weighted by Crippen LogP contribution is 2.22. The second-order valence-corrected chi connectivity index (χ2v) is 10.0. The van der Waals surface area contributed by atoms with Crippen molar-refractivity contribution >= 4 is 45.4 Å². The summed E-state index contributed by atoms with van der Waals surface area (Å²) in [6.45, 7) is 2.76. The molecule has 1 aromatic rings. The van der Waals surface area contributed by atoms with Crippen molar-refractivity contribution in [2.75, 3.05) is 19.8 Å². The van der Waals surface area contributed by atoms with Gasteiger partial charge in [0.1, 0.15) is 24.6 Å². The first-order chi connectivity index (χ1) is 17.5. The normalized spacial score (nSPS) is 16.7. The SMILES string of the molecule is CC(C)C(NC(=O)c1ccc(Br)c(F)c1)C(=O)N1CCC[C@H]1C(=O)NC(CCCNC(=N)N)C(=O)CF. The third-order valence-corrected chi connectivity index (χ3v) is 6.70. The Balaban J connectivity index is 2.10. The Morgan fingerprint density at radius 1 is 1.24 bits per heavy atom. The highest BCUT2D eigenvalue weighted by atomic mass is 79.9. The molecule has 0 aromatic heterocycles. The van der Waals surface area contributed by atoms with Gasteiger partial charge in [-0.2, -0.15) is 0 Å². The molecule has 13 heteroatoms. The molecule has 3 amide bonds. The summed E-state index contributed by atoms with van der Waals surface area (Å²) in [5, 5.41) is 14.9. The van der Waals surface area contributed by atoms with Gasteiger partial charge < -0.3 is 26.6 Å². The van der Waals surface area contributed by atoms with E-state index in [1.54, 1.807) is 13.8 Å². The van der Waals surface area contributed by atoms with Gasteiger partial charge in [0.05, 0.1) is 10.5 Å². The standard InChI is InChI=1S/C24H33BrF2N6O4/c1-13(2)20(32-21(35)14-7-8-15(25)16(27)11-14)23(37)33-10-4-6-18(33)22(36)31-17(19(34)12-26)5-3-9-30-24(28)29/h7-8,11,13,17-18,20H,3-6,9-10,12H2,1-2H3,(H,31,36)(H,32,35)(H4,28,29,30)/t17?,18-,20?/m0/s1. The van der Waals surface area contributed by atoms with Gasteiger partial charge in [0.2, 0.25) is 11.8 Å². The third-order valence-electron chi connectivity index (χ3n) is 6.06. The number of hydrogen-bond acceptors (Lipinski definition) is 5. The van der Waals surface area contributed by atoms with Crippen molar-refractivity contribution in [2.45, 2.75) is 57.7 Å². The number of nitrogens with one attached hydrogen (secondary N) is 4. The first kappa shape index (κ1) is 30.1. The van der Waals surface area contributed by atoms with Crippen molar-refractivity contribution < 1.29 is 28.0 Å². The number of guanidine groups is 1. The molecule has 6 N–H and O–H groups in total. The molecule has 1 saturated heterocycles. The number of nitrogens with zero attached hydrogens (tertiary/aromatic N) is 1. The minimum atomic E-state index is -1.25. The fourth-order valence-electron chi connectivity index (χ4n) is 4.06. The van der Waals surface area contributed by atoms with Crippen LogP contribution in [0.1, 0.15) is 49.9 Å². The number of alkyl halides is 1. The summed E-state index contributed by atoms with van der Waals surface area (Å²) >= 11 is 3.03. The lowest BCUT2D eigenvalue weighted by atomic mass is 10.0. The smallest absolute Gasteiger partial charge is 0.252 e. The van der Waals surface area contributed by atoms with E-state index in [1.165, 1.54) is 17.0 Å². The second-order valence-electron chi connectivity index (χ2n) is 9.16. The van der Waals surface area contributed by atoms with Gasteiger partial charge in [0.25, 0.3) is 5.91 Å². The van der Waals surface area contributed by atoms with Crippen molar-refractivity contribution in [3.63, 3.8) is 0 Å². The lowest BCUT2D eigenvalue weighted by Crippen LogP contribution is -2.56. The van der Waals surface area contributed by atoms with Crippen LogP contribution in [0.2, 0.25) is 0 Å². The molecule has 2 rings (SSSR count). The molecule has 37 heavy (non-hydrogen) atoms.